The topological polar surface area (TPSA) is 40.5 Å². The molecule has 2 nitrogen and oxygen atoms in total. The minimum absolute atomic E-state index is 1.00. The molecule has 11 heavy (non-hydrogen) atoms. The van der Waals surface area contributed by atoms with Crippen LogP contribution in [0.25, 0.3) is 0 Å². The molecule has 0 aliphatic rings. The van der Waals surface area contributed by atoms with Gasteiger partial charge in [-0.2, -0.15) is 0 Å². The molecule has 0 aromatic heterocycles. The standard InChI is InChI=1S/C6H8Si.2CH4O/c7-6-4-2-1-3-5-6;2*1-2/h1-5H,7H3;2*2H,1H3. The van der Waals surface area contributed by atoms with E-state index in [2.05, 4.69) is 24.3 Å². The maximum absolute atomic E-state index is 7.00. The van der Waals surface area contributed by atoms with Gasteiger partial charge in [-0.1, -0.05) is 35.5 Å². The van der Waals surface area contributed by atoms with E-state index >= 15 is 0 Å². The van der Waals surface area contributed by atoms with E-state index in [1.165, 1.54) is 15.4 Å². The lowest BCUT2D eigenvalue weighted by Crippen LogP contribution is -1.97. The van der Waals surface area contributed by atoms with Crippen molar-refractivity contribution >= 4 is 15.4 Å². The van der Waals surface area contributed by atoms with Crippen LogP contribution in [0.4, 0.5) is 0 Å². The van der Waals surface area contributed by atoms with Gasteiger partial charge in [-0.25, -0.2) is 0 Å². The van der Waals surface area contributed by atoms with Crippen LogP contribution in [0.1, 0.15) is 0 Å². The predicted molar refractivity (Wildman–Crippen MR) is 52.3 cm³/mol. The third-order valence-electron chi connectivity index (χ3n) is 0.940. The van der Waals surface area contributed by atoms with Gasteiger partial charge in [0.05, 0.1) is 0 Å². The molecule has 0 aliphatic heterocycles. The van der Waals surface area contributed by atoms with Crippen molar-refractivity contribution in [3.8, 4) is 0 Å². The molecule has 0 atom stereocenters. The van der Waals surface area contributed by atoms with Crippen LogP contribution < -0.4 is 5.19 Å². The van der Waals surface area contributed by atoms with E-state index in [4.69, 9.17) is 10.2 Å². The average molecular weight is 172 g/mol. The highest BCUT2D eigenvalue weighted by atomic mass is 28.1. The van der Waals surface area contributed by atoms with Gasteiger partial charge in [0.1, 0.15) is 0 Å². The summed E-state index contributed by atoms with van der Waals surface area (Å²) in [5.41, 5.74) is 0. The maximum Gasteiger partial charge on any atom is 0.0384 e. The number of hydrogen-bond acceptors (Lipinski definition) is 2. The lowest BCUT2D eigenvalue weighted by Gasteiger charge is -1.82. The second kappa shape index (κ2) is 12.1. The maximum atomic E-state index is 7.00. The van der Waals surface area contributed by atoms with Crippen molar-refractivity contribution in [3.63, 3.8) is 0 Å². The van der Waals surface area contributed by atoms with Crippen molar-refractivity contribution in [1.82, 2.24) is 0 Å². The Kier molecular flexibility index (Phi) is 14.3. The molecule has 0 spiro atoms. The minimum Gasteiger partial charge on any atom is -0.400 e. The van der Waals surface area contributed by atoms with E-state index in [1.54, 1.807) is 0 Å². The summed E-state index contributed by atoms with van der Waals surface area (Å²) in [6.07, 6.45) is 0. The fourth-order valence-corrected chi connectivity index (χ4v) is 0.919. The summed E-state index contributed by atoms with van der Waals surface area (Å²) in [6, 6.07) is 10.5. The van der Waals surface area contributed by atoms with E-state index < -0.39 is 0 Å². The van der Waals surface area contributed by atoms with Gasteiger partial charge in [-0.3, -0.25) is 0 Å². The number of benzene rings is 1. The Morgan fingerprint density at radius 3 is 1.45 bits per heavy atom. The summed E-state index contributed by atoms with van der Waals surface area (Å²) >= 11 is 0. The van der Waals surface area contributed by atoms with E-state index in [-0.39, 0.29) is 0 Å². The molecule has 0 aliphatic carbocycles. The molecule has 0 unspecified atom stereocenters. The highest BCUT2D eigenvalue weighted by molar-refractivity contribution is 6.32. The molecule has 2 N–H and O–H groups in total. The largest absolute Gasteiger partial charge is 0.400 e. The van der Waals surface area contributed by atoms with Crippen LogP contribution in [0.3, 0.4) is 0 Å². The monoisotopic (exact) mass is 172 g/mol. The van der Waals surface area contributed by atoms with Crippen molar-refractivity contribution in [1.29, 1.82) is 0 Å². The molecule has 0 fully saturated rings. The first-order chi connectivity index (χ1) is 5.39. The van der Waals surface area contributed by atoms with Crippen LogP contribution in [0.15, 0.2) is 30.3 Å². The fourth-order valence-electron chi connectivity index (χ4n) is 0.534. The Morgan fingerprint density at radius 1 is 0.909 bits per heavy atom. The van der Waals surface area contributed by atoms with Gasteiger partial charge in [0.2, 0.25) is 0 Å². The predicted octanol–water partition coefficient (Wildman–Crippen LogP) is -1.11. The second-order valence-corrected chi connectivity index (χ2v) is 2.81. The van der Waals surface area contributed by atoms with Gasteiger partial charge in [0.15, 0.2) is 0 Å². The Balaban J connectivity index is 0. The van der Waals surface area contributed by atoms with Gasteiger partial charge >= 0.3 is 0 Å². The van der Waals surface area contributed by atoms with E-state index in [9.17, 15) is 0 Å². The van der Waals surface area contributed by atoms with Crippen LogP contribution in [0, 0.1) is 0 Å². The highest BCUT2D eigenvalue weighted by Crippen LogP contribution is 1.76. The normalized spacial score (nSPS) is 6.91. The molecule has 1 aromatic carbocycles. The number of rotatable bonds is 0. The van der Waals surface area contributed by atoms with Crippen LogP contribution in [0.2, 0.25) is 0 Å². The molecule has 1 rings (SSSR count). The van der Waals surface area contributed by atoms with Crippen molar-refractivity contribution in [2.45, 2.75) is 0 Å². The molecule has 0 radical (unpaired) electrons. The van der Waals surface area contributed by atoms with Crippen molar-refractivity contribution in [3.05, 3.63) is 30.3 Å². The minimum atomic E-state index is 1.00. The van der Waals surface area contributed by atoms with Crippen LogP contribution in [-0.4, -0.2) is 34.7 Å². The number of hydrogen-bond donors (Lipinski definition) is 2. The summed E-state index contributed by atoms with van der Waals surface area (Å²) in [6.45, 7) is 0. The SMILES string of the molecule is CO.CO.[SiH3]c1ccccc1. The van der Waals surface area contributed by atoms with Crippen molar-refractivity contribution < 1.29 is 10.2 Å². The van der Waals surface area contributed by atoms with E-state index in [1.807, 2.05) is 6.07 Å². The average Bonchev–Trinajstić information content (AvgIpc) is 2.13. The number of aliphatic hydroxyl groups is 2. The zero-order valence-corrected chi connectivity index (χ0v) is 9.28. The first kappa shape index (κ1) is 13.0. The van der Waals surface area contributed by atoms with Crippen LogP contribution >= 0.6 is 0 Å². The van der Waals surface area contributed by atoms with Gasteiger partial charge in [-0.05, 0) is 0 Å². The molecule has 1 aromatic rings. The van der Waals surface area contributed by atoms with Gasteiger partial charge < -0.3 is 10.2 Å². The summed E-state index contributed by atoms with van der Waals surface area (Å²) in [5.74, 6) is 0. The fraction of sp³-hybridized carbons (Fsp3) is 0.250. The van der Waals surface area contributed by atoms with E-state index in [0.29, 0.717) is 0 Å². The van der Waals surface area contributed by atoms with Gasteiger partial charge in [0, 0.05) is 24.5 Å². The van der Waals surface area contributed by atoms with Gasteiger partial charge in [0.25, 0.3) is 0 Å². The van der Waals surface area contributed by atoms with Crippen molar-refractivity contribution in [2.24, 2.45) is 0 Å². The molecule has 0 saturated carbocycles. The Bertz CT molecular complexity index is 142. The summed E-state index contributed by atoms with van der Waals surface area (Å²) in [4.78, 5) is 0. The quantitative estimate of drug-likeness (QED) is 0.487. The Hall–Kier alpha value is -0.643. The molecule has 0 saturated heterocycles. The third kappa shape index (κ3) is 9.36. The van der Waals surface area contributed by atoms with Gasteiger partial charge in [-0.15, -0.1) is 0 Å². The zero-order chi connectivity index (χ0) is 9.11. The van der Waals surface area contributed by atoms with E-state index in [0.717, 1.165) is 14.2 Å². The second-order valence-electron chi connectivity index (χ2n) is 1.65. The molecular weight excluding hydrogens is 156 g/mol. The molecule has 0 bridgehead atoms. The Morgan fingerprint density at radius 2 is 1.27 bits per heavy atom. The lowest BCUT2D eigenvalue weighted by atomic mass is 10.4. The Labute approximate surface area is 70.9 Å². The first-order valence-electron chi connectivity index (χ1n) is 3.31. The molecule has 0 heterocycles. The summed E-state index contributed by atoms with van der Waals surface area (Å²) < 4.78 is 0. The zero-order valence-electron chi connectivity index (χ0n) is 7.28. The van der Waals surface area contributed by atoms with Crippen molar-refractivity contribution in [2.75, 3.05) is 14.2 Å². The smallest absolute Gasteiger partial charge is 0.0384 e. The lowest BCUT2D eigenvalue weighted by molar-refractivity contribution is 0.399. The molecule has 0 amide bonds. The summed E-state index contributed by atoms with van der Waals surface area (Å²) in [5, 5.41) is 15.5. The molecule has 64 valence electrons. The van der Waals surface area contributed by atoms with Crippen LogP contribution in [0.5, 0.6) is 0 Å². The molecular formula is C8H16O2Si. The number of aliphatic hydroxyl groups excluding tert-OH is 2. The highest BCUT2D eigenvalue weighted by Gasteiger charge is 1.72. The molecule has 3 heteroatoms. The van der Waals surface area contributed by atoms with Crippen LogP contribution in [-0.2, 0) is 0 Å². The third-order valence-corrected chi connectivity index (χ3v) is 1.61. The first-order valence-corrected chi connectivity index (χ1v) is 4.31. The summed E-state index contributed by atoms with van der Waals surface area (Å²) in [7, 11) is 3.17.